The molecule has 0 aliphatic carbocycles. The normalized spacial score (nSPS) is 13.2. The van der Waals surface area contributed by atoms with Gasteiger partial charge in [-0.15, -0.1) is 0 Å². The van der Waals surface area contributed by atoms with Crippen LogP contribution in [0.25, 0.3) is 10.9 Å². The summed E-state index contributed by atoms with van der Waals surface area (Å²) in [7, 11) is -2.32. The zero-order chi connectivity index (χ0) is 19.6. The number of hydrogen-bond donors (Lipinski definition) is 1. The van der Waals surface area contributed by atoms with Crippen LogP contribution in [-0.2, 0) is 16.6 Å². The van der Waals surface area contributed by atoms with Gasteiger partial charge in [-0.25, -0.2) is 8.42 Å². The lowest BCUT2D eigenvalue weighted by Crippen LogP contribution is -2.36. The second-order valence-corrected chi connectivity index (χ2v) is 8.75. The number of rotatable bonds is 7. The van der Waals surface area contributed by atoms with Crippen LogP contribution in [-0.4, -0.2) is 48.4 Å². The molecule has 1 heterocycles. The first kappa shape index (κ1) is 19.6. The number of carbonyl (C=O) groups is 1. The zero-order valence-corrected chi connectivity index (χ0v) is 16.2. The Bertz CT molecular complexity index is 1060. The number of aromatic nitrogens is 1. The zero-order valence-electron chi connectivity index (χ0n) is 14.6. The maximum Gasteiger partial charge on any atom is 0.242 e. The van der Waals surface area contributed by atoms with E-state index < -0.39 is 16.1 Å². The maximum atomic E-state index is 12.6. The van der Waals surface area contributed by atoms with Gasteiger partial charge in [0.25, 0.3) is 0 Å². The number of aliphatic hydroxyl groups excluding tert-OH is 1. The van der Waals surface area contributed by atoms with Gasteiger partial charge in [-0.1, -0.05) is 29.8 Å². The van der Waals surface area contributed by atoms with Crippen molar-refractivity contribution in [3.05, 3.63) is 65.3 Å². The van der Waals surface area contributed by atoms with Gasteiger partial charge in [0.15, 0.2) is 6.29 Å². The number of halogens is 1. The highest BCUT2D eigenvalue weighted by molar-refractivity contribution is 7.89. The van der Waals surface area contributed by atoms with Gasteiger partial charge in [0.05, 0.1) is 11.0 Å². The quantitative estimate of drug-likeness (QED) is 0.612. The third kappa shape index (κ3) is 4.06. The fourth-order valence-electron chi connectivity index (χ4n) is 2.99. The highest BCUT2D eigenvalue weighted by Crippen LogP contribution is 2.21. The second kappa shape index (κ2) is 7.82. The van der Waals surface area contributed by atoms with Crippen molar-refractivity contribution in [2.45, 2.75) is 17.5 Å². The molecule has 3 rings (SSSR count). The van der Waals surface area contributed by atoms with E-state index in [-0.39, 0.29) is 18.0 Å². The summed E-state index contributed by atoms with van der Waals surface area (Å²) in [5.41, 5.74) is 1.34. The van der Waals surface area contributed by atoms with E-state index in [0.29, 0.717) is 10.6 Å². The molecule has 8 heteroatoms. The molecule has 0 aliphatic heterocycles. The van der Waals surface area contributed by atoms with Gasteiger partial charge < -0.3 is 9.67 Å². The first-order chi connectivity index (χ1) is 12.8. The fraction of sp³-hybridized carbons (Fsp3) is 0.211. The molecule has 0 saturated carbocycles. The third-order valence-corrected chi connectivity index (χ3v) is 6.43. The van der Waals surface area contributed by atoms with Crippen LogP contribution in [0.4, 0.5) is 0 Å². The molecule has 0 fully saturated rings. The van der Waals surface area contributed by atoms with Gasteiger partial charge in [-0.2, -0.15) is 4.31 Å². The maximum absolute atomic E-state index is 12.6. The van der Waals surface area contributed by atoms with Gasteiger partial charge >= 0.3 is 0 Å². The molecule has 27 heavy (non-hydrogen) atoms. The number of sulfonamides is 1. The van der Waals surface area contributed by atoms with Gasteiger partial charge in [0.2, 0.25) is 10.0 Å². The molecular formula is C19H19ClN2O4S. The minimum Gasteiger partial charge on any atom is -0.390 e. The Kier molecular flexibility index (Phi) is 5.67. The summed E-state index contributed by atoms with van der Waals surface area (Å²) in [4.78, 5) is 11.3. The Morgan fingerprint density at radius 1 is 1.19 bits per heavy atom. The van der Waals surface area contributed by atoms with Crippen LogP contribution in [0.1, 0.15) is 10.4 Å². The van der Waals surface area contributed by atoms with Crippen molar-refractivity contribution < 1.29 is 18.3 Å². The van der Waals surface area contributed by atoms with Crippen molar-refractivity contribution in [1.82, 2.24) is 8.87 Å². The van der Waals surface area contributed by atoms with E-state index in [1.54, 1.807) is 10.8 Å². The number of para-hydroxylation sites is 1. The first-order valence-corrected chi connectivity index (χ1v) is 10.1. The molecule has 3 aromatic rings. The van der Waals surface area contributed by atoms with Crippen molar-refractivity contribution in [1.29, 1.82) is 0 Å². The molecule has 0 spiro atoms. The minimum atomic E-state index is -3.74. The van der Waals surface area contributed by atoms with E-state index in [1.807, 2.05) is 24.3 Å². The number of hydrogen-bond acceptors (Lipinski definition) is 4. The van der Waals surface area contributed by atoms with Crippen LogP contribution in [0.5, 0.6) is 0 Å². The Labute approximate surface area is 162 Å². The number of benzene rings is 2. The van der Waals surface area contributed by atoms with E-state index in [1.165, 1.54) is 31.3 Å². The second-order valence-electron chi connectivity index (χ2n) is 6.27. The van der Waals surface area contributed by atoms with Crippen LogP contribution >= 0.6 is 11.6 Å². The number of carbonyl (C=O) groups excluding carboxylic acids is 1. The lowest BCUT2D eigenvalue weighted by atomic mass is 10.2. The Hall–Kier alpha value is -2.19. The smallest absolute Gasteiger partial charge is 0.242 e. The highest BCUT2D eigenvalue weighted by Gasteiger charge is 2.23. The summed E-state index contributed by atoms with van der Waals surface area (Å²) in [6.07, 6.45) is 1.48. The van der Waals surface area contributed by atoms with E-state index >= 15 is 0 Å². The largest absolute Gasteiger partial charge is 0.390 e. The molecule has 142 valence electrons. The SMILES string of the molecule is CN(C[C@@H](O)Cn1cc(C=O)c2ccccc21)S(=O)(=O)c1ccc(Cl)cc1. The average Bonchev–Trinajstić information content (AvgIpc) is 2.99. The Morgan fingerprint density at radius 3 is 2.52 bits per heavy atom. The van der Waals surface area contributed by atoms with Crippen molar-refractivity contribution in [2.24, 2.45) is 0 Å². The van der Waals surface area contributed by atoms with Crippen LogP contribution in [0.15, 0.2) is 59.6 Å². The molecule has 6 nitrogen and oxygen atoms in total. The third-order valence-electron chi connectivity index (χ3n) is 4.34. The Morgan fingerprint density at radius 2 is 1.85 bits per heavy atom. The van der Waals surface area contributed by atoms with Crippen molar-refractivity contribution in [3.8, 4) is 0 Å². The molecule has 0 radical (unpaired) electrons. The lowest BCUT2D eigenvalue weighted by Gasteiger charge is -2.21. The molecule has 1 aromatic heterocycles. The number of aldehydes is 1. The molecule has 0 saturated heterocycles. The predicted molar refractivity (Wildman–Crippen MR) is 105 cm³/mol. The fourth-order valence-corrected chi connectivity index (χ4v) is 4.32. The molecule has 1 N–H and O–H groups in total. The predicted octanol–water partition coefficient (Wildman–Crippen LogP) is 2.79. The van der Waals surface area contributed by atoms with Crippen molar-refractivity contribution >= 4 is 38.8 Å². The topological polar surface area (TPSA) is 79.6 Å². The minimum absolute atomic E-state index is 0.0894. The van der Waals surface area contributed by atoms with E-state index in [4.69, 9.17) is 11.6 Å². The van der Waals surface area contributed by atoms with Crippen molar-refractivity contribution in [3.63, 3.8) is 0 Å². The molecule has 0 unspecified atom stereocenters. The van der Waals surface area contributed by atoms with E-state index in [2.05, 4.69) is 0 Å². The molecule has 0 bridgehead atoms. The van der Waals surface area contributed by atoms with Gasteiger partial charge in [0, 0.05) is 47.8 Å². The van der Waals surface area contributed by atoms with Crippen LogP contribution in [0, 0.1) is 0 Å². The molecule has 2 aromatic carbocycles. The van der Waals surface area contributed by atoms with Crippen LogP contribution < -0.4 is 0 Å². The average molecular weight is 407 g/mol. The number of nitrogens with zero attached hydrogens (tertiary/aromatic N) is 2. The monoisotopic (exact) mass is 406 g/mol. The molecular weight excluding hydrogens is 388 g/mol. The molecule has 0 amide bonds. The van der Waals surface area contributed by atoms with Crippen LogP contribution in [0.2, 0.25) is 5.02 Å². The lowest BCUT2D eigenvalue weighted by molar-refractivity contribution is 0.112. The summed E-state index contributed by atoms with van der Waals surface area (Å²) in [5, 5.41) is 11.7. The summed E-state index contributed by atoms with van der Waals surface area (Å²) < 4.78 is 28.1. The summed E-state index contributed by atoms with van der Waals surface area (Å²) in [5.74, 6) is 0. The first-order valence-electron chi connectivity index (χ1n) is 8.26. The number of likely N-dealkylation sites (N-methyl/N-ethyl adjacent to an activating group) is 1. The number of aliphatic hydroxyl groups is 1. The van der Waals surface area contributed by atoms with Gasteiger partial charge in [-0.05, 0) is 30.3 Å². The van der Waals surface area contributed by atoms with E-state index in [9.17, 15) is 18.3 Å². The Balaban J connectivity index is 1.77. The van der Waals surface area contributed by atoms with E-state index in [0.717, 1.165) is 21.5 Å². The van der Waals surface area contributed by atoms with Gasteiger partial charge in [-0.3, -0.25) is 4.79 Å². The summed E-state index contributed by atoms with van der Waals surface area (Å²) in [6.45, 7) is 0.0721. The summed E-state index contributed by atoms with van der Waals surface area (Å²) >= 11 is 5.80. The standard InChI is InChI=1S/C19H19ClN2O4S/c1-21(27(25,26)17-8-6-15(20)7-9-17)11-16(24)12-22-10-14(13-23)18-4-2-3-5-19(18)22/h2-10,13,16,24H,11-12H2,1H3/t16-/m1/s1. The molecule has 1 atom stereocenters. The van der Waals surface area contributed by atoms with Gasteiger partial charge in [0.1, 0.15) is 0 Å². The van der Waals surface area contributed by atoms with Crippen molar-refractivity contribution in [2.75, 3.05) is 13.6 Å². The van der Waals surface area contributed by atoms with Crippen LogP contribution in [0.3, 0.4) is 0 Å². The summed E-state index contributed by atoms with van der Waals surface area (Å²) in [6, 6.07) is 13.2. The number of fused-ring (bicyclic) bond motifs is 1. The molecule has 0 aliphatic rings. The highest BCUT2D eigenvalue weighted by atomic mass is 35.5.